The Kier molecular flexibility index (Phi) is 4.35. The van der Waals surface area contributed by atoms with Gasteiger partial charge in [-0.2, -0.15) is 0 Å². The number of nitrogens with one attached hydrogen (secondary N) is 1. The zero-order valence-electron chi connectivity index (χ0n) is 12.6. The first-order chi connectivity index (χ1) is 11.5. The molecule has 1 N–H and O–H groups in total. The molecule has 1 heterocycles. The number of non-ortho nitro benzene ring substituents is 1. The lowest BCUT2D eigenvalue weighted by Crippen LogP contribution is -2.35. The zero-order chi connectivity index (χ0) is 17.3. The van der Waals surface area contributed by atoms with Gasteiger partial charge in [0.1, 0.15) is 10.6 Å². The van der Waals surface area contributed by atoms with E-state index in [1.54, 1.807) is 17.0 Å². The number of aromatic nitrogens is 1. The van der Waals surface area contributed by atoms with Crippen LogP contribution in [0.5, 0.6) is 0 Å². The molecular weight excluding hydrogens is 334 g/mol. The zero-order valence-corrected chi connectivity index (χ0v) is 13.3. The van der Waals surface area contributed by atoms with E-state index in [-0.39, 0.29) is 28.9 Å². The Morgan fingerprint density at radius 3 is 2.79 bits per heavy atom. The molecule has 1 aliphatic carbocycles. The first-order valence-corrected chi connectivity index (χ1v) is 7.76. The average molecular weight is 348 g/mol. The van der Waals surface area contributed by atoms with E-state index < -0.39 is 16.3 Å². The van der Waals surface area contributed by atoms with Crippen LogP contribution in [0.1, 0.15) is 28.8 Å². The number of pyridine rings is 1. The van der Waals surface area contributed by atoms with Crippen molar-refractivity contribution in [1.29, 1.82) is 0 Å². The van der Waals surface area contributed by atoms with Crippen LogP contribution in [0.4, 0.5) is 5.69 Å². The van der Waals surface area contributed by atoms with Crippen molar-refractivity contribution in [2.24, 2.45) is 0 Å². The molecule has 1 aliphatic rings. The van der Waals surface area contributed by atoms with Gasteiger partial charge >= 0.3 is 0 Å². The number of carbonyl (C=O) groups is 1. The Morgan fingerprint density at radius 1 is 1.38 bits per heavy atom. The first kappa shape index (κ1) is 16.2. The minimum atomic E-state index is -0.523. The summed E-state index contributed by atoms with van der Waals surface area (Å²) in [7, 11) is 0. The minimum Gasteiger partial charge on any atom is -0.365 e. The second-order valence-corrected chi connectivity index (χ2v) is 6.04. The Morgan fingerprint density at radius 2 is 2.12 bits per heavy atom. The molecule has 1 fully saturated rings. The average Bonchev–Trinajstić information content (AvgIpc) is 3.39. The van der Waals surface area contributed by atoms with Crippen molar-refractivity contribution in [2.45, 2.75) is 25.4 Å². The quantitative estimate of drug-likeness (QED) is 0.664. The van der Waals surface area contributed by atoms with Crippen molar-refractivity contribution in [3.05, 3.63) is 73.1 Å². The molecule has 1 aromatic carbocycles. The van der Waals surface area contributed by atoms with Gasteiger partial charge in [-0.1, -0.05) is 23.7 Å². The summed E-state index contributed by atoms with van der Waals surface area (Å²) in [6, 6.07) is 6.17. The van der Waals surface area contributed by atoms with E-state index in [1.807, 2.05) is 0 Å². The molecule has 0 aliphatic heterocycles. The van der Waals surface area contributed by atoms with Gasteiger partial charge in [-0.05, 0) is 18.4 Å². The molecule has 8 heteroatoms. The van der Waals surface area contributed by atoms with Crippen LogP contribution in [0.15, 0.2) is 41.5 Å². The maximum Gasteiger partial charge on any atom is 0.269 e. The van der Waals surface area contributed by atoms with Gasteiger partial charge in [-0.25, -0.2) is 0 Å². The van der Waals surface area contributed by atoms with E-state index in [1.165, 1.54) is 24.5 Å². The predicted molar refractivity (Wildman–Crippen MR) is 88.1 cm³/mol. The number of nitro groups is 1. The minimum absolute atomic E-state index is 0.0279. The van der Waals surface area contributed by atoms with Gasteiger partial charge < -0.3 is 9.88 Å². The number of benzene rings is 1. The monoisotopic (exact) mass is 347 g/mol. The van der Waals surface area contributed by atoms with Crippen LogP contribution < -0.4 is 5.43 Å². The van der Waals surface area contributed by atoms with Crippen molar-refractivity contribution < 1.29 is 9.72 Å². The van der Waals surface area contributed by atoms with Gasteiger partial charge in [0.05, 0.1) is 4.92 Å². The van der Waals surface area contributed by atoms with Crippen molar-refractivity contribution in [2.75, 3.05) is 0 Å². The van der Waals surface area contributed by atoms with Gasteiger partial charge in [0.15, 0.2) is 0 Å². The van der Waals surface area contributed by atoms with Crippen LogP contribution >= 0.6 is 11.6 Å². The highest BCUT2D eigenvalue weighted by molar-refractivity contribution is 6.30. The molecule has 0 bridgehead atoms. The lowest BCUT2D eigenvalue weighted by molar-refractivity contribution is -0.384. The molecule has 0 spiro atoms. The molecule has 0 atom stereocenters. The normalized spacial score (nSPS) is 13.5. The highest BCUT2D eigenvalue weighted by Crippen LogP contribution is 2.30. The van der Waals surface area contributed by atoms with Crippen molar-refractivity contribution in [1.82, 2.24) is 9.88 Å². The second-order valence-electron chi connectivity index (χ2n) is 5.64. The maximum atomic E-state index is 12.7. The number of nitrogens with zero attached hydrogens (tertiary/aromatic N) is 2. The number of aromatic amines is 1. The number of nitro benzene ring substituents is 1. The number of amides is 1. The smallest absolute Gasteiger partial charge is 0.269 e. The molecule has 1 saturated carbocycles. The number of hydrogen-bond donors (Lipinski definition) is 1. The molecule has 24 heavy (non-hydrogen) atoms. The summed E-state index contributed by atoms with van der Waals surface area (Å²) in [4.78, 5) is 39.5. The fraction of sp³-hybridized carbons (Fsp3) is 0.250. The van der Waals surface area contributed by atoms with E-state index in [4.69, 9.17) is 11.6 Å². The third-order valence-electron chi connectivity index (χ3n) is 3.85. The lowest BCUT2D eigenvalue weighted by atomic mass is 10.1. The Bertz CT molecular complexity index is 860. The lowest BCUT2D eigenvalue weighted by Gasteiger charge is -2.22. The predicted octanol–water partition coefficient (Wildman–Crippen LogP) is 2.74. The molecule has 7 nitrogen and oxygen atoms in total. The fourth-order valence-corrected chi connectivity index (χ4v) is 2.65. The first-order valence-electron chi connectivity index (χ1n) is 7.38. The summed E-state index contributed by atoms with van der Waals surface area (Å²) < 4.78 is 0. The van der Waals surface area contributed by atoms with E-state index in [9.17, 15) is 19.7 Å². The summed E-state index contributed by atoms with van der Waals surface area (Å²) in [5, 5.41) is 10.8. The second kappa shape index (κ2) is 6.45. The van der Waals surface area contributed by atoms with Crippen molar-refractivity contribution >= 4 is 23.2 Å². The van der Waals surface area contributed by atoms with Crippen LogP contribution in [-0.4, -0.2) is 26.8 Å². The third kappa shape index (κ3) is 3.30. The van der Waals surface area contributed by atoms with Crippen LogP contribution in [0.3, 0.4) is 0 Å². The Labute approximate surface area is 142 Å². The molecule has 1 amide bonds. The van der Waals surface area contributed by atoms with E-state index in [0.717, 1.165) is 12.8 Å². The summed E-state index contributed by atoms with van der Waals surface area (Å²) >= 11 is 5.78. The maximum absolute atomic E-state index is 12.7. The molecule has 0 radical (unpaired) electrons. The number of halogens is 1. The summed E-state index contributed by atoms with van der Waals surface area (Å²) in [6.07, 6.45) is 4.35. The number of hydrogen-bond acceptors (Lipinski definition) is 4. The highest BCUT2D eigenvalue weighted by atomic mass is 35.5. The van der Waals surface area contributed by atoms with Crippen LogP contribution in [0, 0.1) is 10.1 Å². The molecule has 1 aromatic heterocycles. The van der Waals surface area contributed by atoms with Gasteiger partial charge in [-0.3, -0.25) is 19.7 Å². The molecule has 124 valence electrons. The molecule has 2 aromatic rings. The highest BCUT2D eigenvalue weighted by Gasteiger charge is 2.34. The van der Waals surface area contributed by atoms with Gasteiger partial charge in [0, 0.05) is 37.1 Å². The molecule has 3 rings (SSSR count). The number of carbonyl (C=O) groups excluding carboxylic acids is 1. The molecular formula is C16H14ClN3O4. The van der Waals surface area contributed by atoms with Crippen molar-refractivity contribution in [3.63, 3.8) is 0 Å². The summed E-state index contributed by atoms with van der Waals surface area (Å²) in [5.41, 5.74) is 0.0594. The van der Waals surface area contributed by atoms with E-state index >= 15 is 0 Å². The van der Waals surface area contributed by atoms with Gasteiger partial charge in [0.25, 0.3) is 11.6 Å². The van der Waals surface area contributed by atoms with Crippen molar-refractivity contribution in [3.8, 4) is 0 Å². The van der Waals surface area contributed by atoms with Crippen LogP contribution in [0.25, 0.3) is 0 Å². The largest absolute Gasteiger partial charge is 0.365 e. The number of rotatable bonds is 5. The summed E-state index contributed by atoms with van der Waals surface area (Å²) in [6.45, 7) is 0.205. The molecule has 0 unspecified atom stereocenters. The summed E-state index contributed by atoms with van der Waals surface area (Å²) in [5.74, 6) is -0.423. The third-order valence-corrected chi connectivity index (χ3v) is 4.13. The van der Waals surface area contributed by atoms with Gasteiger partial charge in [-0.15, -0.1) is 0 Å². The standard InChI is InChI=1S/C16H14ClN3O4/c17-14-8-18-7-13(15(14)21)16(22)19(11-4-5-11)9-10-2-1-3-12(6-10)20(23)24/h1-3,6-8,11H,4-5,9H2,(H,18,21). The van der Waals surface area contributed by atoms with Crippen LogP contribution in [0.2, 0.25) is 5.02 Å². The van der Waals surface area contributed by atoms with E-state index in [0.29, 0.717) is 5.56 Å². The number of H-pyrrole nitrogens is 1. The Balaban J connectivity index is 1.89. The fourth-order valence-electron chi connectivity index (χ4n) is 2.49. The Hall–Kier alpha value is -2.67. The van der Waals surface area contributed by atoms with E-state index in [2.05, 4.69) is 4.98 Å². The van der Waals surface area contributed by atoms with Gasteiger partial charge in [0.2, 0.25) is 5.43 Å². The topological polar surface area (TPSA) is 96.3 Å². The SMILES string of the molecule is O=C(c1c[nH]cc(Cl)c1=O)N(Cc1cccc([N+](=O)[O-])c1)C1CC1. The molecule has 0 saturated heterocycles. The van der Waals surface area contributed by atoms with Crippen LogP contribution in [-0.2, 0) is 6.54 Å².